The van der Waals surface area contributed by atoms with Crippen molar-refractivity contribution in [2.45, 2.75) is 19.0 Å². The summed E-state index contributed by atoms with van der Waals surface area (Å²) in [6.45, 7) is 0. The Morgan fingerprint density at radius 2 is 1.83 bits per heavy atom. The first kappa shape index (κ1) is 26.9. The number of carbonyl (C=O) groups excluding carboxylic acids is 1. The predicted molar refractivity (Wildman–Crippen MR) is 136 cm³/mol. The molecule has 0 fully saturated rings. The Kier molecular flexibility index (Phi) is 7.87. The number of carbonyl (C=O) groups is 1. The van der Waals surface area contributed by atoms with Crippen molar-refractivity contribution in [3.63, 3.8) is 0 Å². The van der Waals surface area contributed by atoms with Crippen LogP contribution in [0.3, 0.4) is 0 Å². The maximum Gasteiger partial charge on any atom is 0.419 e. The summed E-state index contributed by atoms with van der Waals surface area (Å²) >= 11 is 0. The van der Waals surface area contributed by atoms with Gasteiger partial charge in [0.2, 0.25) is 5.95 Å². The molecule has 8 nitrogen and oxygen atoms in total. The highest BCUT2D eigenvalue weighted by Gasteiger charge is 2.35. The average Bonchev–Trinajstić information content (AvgIpc) is 2.81. The summed E-state index contributed by atoms with van der Waals surface area (Å²) in [4.78, 5) is 25.9. The van der Waals surface area contributed by atoms with Crippen LogP contribution in [0.5, 0.6) is 0 Å². The quantitative estimate of drug-likeness (QED) is 0.454. The number of pyridine rings is 1. The smallest absolute Gasteiger partial charge is 0.345 e. The molecule has 1 atom stereocenters. The molecule has 12 heteroatoms. The highest BCUT2D eigenvalue weighted by atomic mass is 32.2. The van der Waals surface area contributed by atoms with Crippen LogP contribution >= 0.6 is 0 Å². The fourth-order valence-electron chi connectivity index (χ4n) is 3.37. The Morgan fingerprint density at radius 1 is 1.11 bits per heavy atom. The standard InChI is InChI=1S/C24H27F3N6O2S/c1-32(2)22(34)17-8-6-10-18(14-17)30-23-29-15-19(24(25,26)27)20(31-23)12-11-16-9-7-13-28-21(16)33(3)36(4,5)35/h6-10,13-15H,4,11-12H2,1-3,5H3,(H,29,30,31). The number of nitrogens with one attached hydrogen (secondary N) is 1. The lowest BCUT2D eigenvalue weighted by atomic mass is 10.1. The van der Waals surface area contributed by atoms with Crippen molar-refractivity contribution in [2.24, 2.45) is 0 Å². The second kappa shape index (κ2) is 10.5. The monoisotopic (exact) mass is 520 g/mol. The maximum atomic E-state index is 13.7. The zero-order chi connectivity index (χ0) is 26.7. The van der Waals surface area contributed by atoms with Gasteiger partial charge in [0.1, 0.15) is 5.82 Å². The number of aromatic nitrogens is 3. The Hall–Kier alpha value is -3.67. The van der Waals surface area contributed by atoms with E-state index >= 15 is 0 Å². The fraction of sp³-hybridized carbons (Fsp3) is 0.292. The van der Waals surface area contributed by atoms with E-state index in [0.29, 0.717) is 22.6 Å². The van der Waals surface area contributed by atoms with Crippen LogP contribution in [0, 0.1) is 0 Å². The number of alkyl halides is 3. The van der Waals surface area contributed by atoms with Crippen LogP contribution in [0.4, 0.5) is 30.6 Å². The van der Waals surface area contributed by atoms with Crippen molar-refractivity contribution in [1.29, 1.82) is 0 Å². The molecule has 2 heterocycles. The zero-order valence-corrected chi connectivity index (χ0v) is 21.2. The predicted octanol–water partition coefficient (Wildman–Crippen LogP) is 3.82. The molecule has 0 spiro atoms. The SMILES string of the molecule is C=S(C)(=O)N(C)c1ncccc1CCc1nc(Nc2cccc(C(=O)N(C)C)c2)ncc1C(F)(F)F. The van der Waals surface area contributed by atoms with Gasteiger partial charge in [-0.2, -0.15) is 13.2 Å². The van der Waals surface area contributed by atoms with Gasteiger partial charge in [0, 0.05) is 60.8 Å². The third-order valence-electron chi connectivity index (χ3n) is 5.32. The first-order valence-corrected chi connectivity index (χ1v) is 12.9. The number of nitrogens with zero attached hydrogens (tertiary/aromatic N) is 5. The second-order valence-corrected chi connectivity index (χ2v) is 10.9. The van der Waals surface area contributed by atoms with Gasteiger partial charge < -0.3 is 10.2 Å². The number of amides is 1. The molecule has 3 rings (SSSR count). The molecule has 1 N–H and O–H groups in total. The average molecular weight is 521 g/mol. The molecule has 2 aromatic heterocycles. The number of hydrogen-bond acceptors (Lipinski definition) is 6. The molecule has 0 saturated heterocycles. The van der Waals surface area contributed by atoms with Crippen molar-refractivity contribution in [1.82, 2.24) is 19.9 Å². The largest absolute Gasteiger partial charge is 0.419 e. The van der Waals surface area contributed by atoms with Crippen LogP contribution in [-0.4, -0.2) is 63.2 Å². The second-order valence-electron chi connectivity index (χ2n) is 8.40. The van der Waals surface area contributed by atoms with Crippen molar-refractivity contribution in [3.05, 3.63) is 71.2 Å². The number of anilines is 3. The lowest BCUT2D eigenvalue weighted by Crippen LogP contribution is -2.26. The summed E-state index contributed by atoms with van der Waals surface area (Å²) in [5.41, 5.74) is 0.319. The lowest BCUT2D eigenvalue weighted by Gasteiger charge is -2.22. The Morgan fingerprint density at radius 3 is 2.47 bits per heavy atom. The van der Waals surface area contributed by atoms with E-state index in [9.17, 15) is 22.2 Å². The number of rotatable bonds is 8. The zero-order valence-electron chi connectivity index (χ0n) is 20.3. The summed E-state index contributed by atoms with van der Waals surface area (Å²) in [6.07, 6.45) is -0.842. The normalized spacial score (nSPS) is 13.1. The molecular formula is C24H27F3N6O2S. The number of aryl methyl sites for hydroxylation is 2. The van der Waals surface area contributed by atoms with Gasteiger partial charge in [-0.25, -0.2) is 19.2 Å². The Labute approximate surface area is 208 Å². The molecule has 0 bridgehead atoms. The molecule has 0 aliphatic carbocycles. The molecule has 0 aliphatic rings. The van der Waals surface area contributed by atoms with Crippen molar-refractivity contribution in [2.75, 3.05) is 37.0 Å². The summed E-state index contributed by atoms with van der Waals surface area (Å²) < 4.78 is 54.9. The molecule has 1 aromatic carbocycles. The molecule has 36 heavy (non-hydrogen) atoms. The third kappa shape index (κ3) is 6.51. The highest BCUT2D eigenvalue weighted by molar-refractivity contribution is 8.00. The van der Waals surface area contributed by atoms with E-state index in [1.165, 1.54) is 21.7 Å². The van der Waals surface area contributed by atoms with Gasteiger partial charge in [0.25, 0.3) is 5.91 Å². The molecule has 1 unspecified atom stereocenters. The summed E-state index contributed by atoms with van der Waals surface area (Å²) in [5, 5.41) is 2.88. The number of hydrogen-bond donors (Lipinski definition) is 1. The van der Waals surface area contributed by atoms with Crippen molar-refractivity contribution in [3.8, 4) is 0 Å². The van der Waals surface area contributed by atoms with Crippen molar-refractivity contribution >= 4 is 38.9 Å². The molecule has 1 amide bonds. The topological polar surface area (TPSA) is 91.3 Å². The first-order valence-electron chi connectivity index (χ1n) is 10.8. The van der Waals surface area contributed by atoms with E-state index in [1.54, 1.807) is 57.5 Å². The minimum absolute atomic E-state index is 0.0367. The van der Waals surface area contributed by atoms with Crippen LogP contribution in [0.15, 0.2) is 48.8 Å². The van der Waals surface area contributed by atoms with E-state index in [1.807, 2.05) is 0 Å². The van der Waals surface area contributed by atoms with Crippen LogP contribution in [0.2, 0.25) is 0 Å². The van der Waals surface area contributed by atoms with Gasteiger partial charge in [-0.1, -0.05) is 12.1 Å². The minimum Gasteiger partial charge on any atom is -0.345 e. The van der Waals surface area contributed by atoms with E-state index < -0.39 is 21.4 Å². The molecule has 192 valence electrons. The van der Waals surface area contributed by atoms with E-state index in [2.05, 4.69) is 26.1 Å². The van der Waals surface area contributed by atoms with Crippen LogP contribution < -0.4 is 9.62 Å². The number of benzene rings is 1. The highest BCUT2D eigenvalue weighted by Crippen LogP contribution is 2.32. The van der Waals surface area contributed by atoms with Gasteiger partial charge >= 0.3 is 6.18 Å². The molecule has 0 radical (unpaired) electrons. The van der Waals surface area contributed by atoms with Gasteiger partial charge in [-0.3, -0.25) is 9.10 Å². The summed E-state index contributed by atoms with van der Waals surface area (Å²) in [5.74, 6) is 3.76. The fourth-order valence-corrected chi connectivity index (χ4v) is 3.90. The molecule has 0 saturated carbocycles. The molecular weight excluding hydrogens is 493 g/mol. The third-order valence-corrected chi connectivity index (χ3v) is 6.65. The van der Waals surface area contributed by atoms with Crippen LogP contribution in [-0.2, 0) is 28.7 Å². The van der Waals surface area contributed by atoms with Gasteiger partial charge in [-0.15, -0.1) is 0 Å². The Bertz CT molecular complexity index is 1360. The van der Waals surface area contributed by atoms with Crippen LogP contribution in [0.1, 0.15) is 27.2 Å². The van der Waals surface area contributed by atoms with E-state index in [0.717, 1.165) is 6.20 Å². The van der Waals surface area contributed by atoms with Gasteiger partial charge in [-0.05, 0) is 48.5 Å². The molecule has 3 aromatic rings. The van der Waals surface area contributed by atoms with Crippen LogP contribution in [0.25, 0.3) is 0 Å². The minimum atomic E-state index is -4.65. The Balaban J connectivity index is 1.91. The van der Waals surface area contributed by atoms with E-state index in [-0.39, 0.29) is 30.4 Å². The van der Waals surface area contributed by atoms with E-state index in [4.69, 9.17) is 0 Å². The van der Waals surface area contributed by atoms with Gasteiger partial charge in [0.05, 0.1) is 11.3 Å². The summed E-state index contributed by atoms with van der Waals surface area (Å²) in [7, 11) is 2.19. The summed E-state index contributed by atoms with van der Waals surface area (Å²) in [6, 6.07) is 9.89. The molecule has 0 aliphatic heterocycles. The lowest BCUT2D eigenvalue weighted by molar-refractivity contribution is -0.138. The first-order chi connectivity index (χ1) is 16.8. The maximum absolute atomic E-state index is 13.7. The van der Waals surface area contributed by atoms with Crippen molar-refractivity contribution < 1.29 is 22.2 Å². The van der Waals surface area contributed by atoms with Gasteiger partial charge in [0.15, 0.2) is 0 Å². The number of halogens is 3.